The van der Waals surface area contributed by atoms with Gasteiger partial charge in [-0.05, 0) is 67.6 Å². The fraction of sp³-hybridized carbons (Fsp3) is 0.967. The SMILES string of the molecule is CC(C)CCCC(C)CCCC(C)CCCC1C(C)(O)CCC2C(C)(C)C(=O)CCC12C. The largest absolute Gasteiger partial charge is 0.390 e. The van der Waals surface area contributed by atoms with E-state index in [0.29, 0.717) is 24.0 Å². The van der Waals surface area contributed by atoms with E-state index in [1.165, 1.54) is 51.4 Å². The summed E-state index contributed by atoms with van der Waals surface area (Å²) in [5.41, 5.74) is -0.731. The summed E-state index contributed by atoms with van der Waals surface area (Å²) in [7, 11) is 0. The first-order valence-electron chi connectivity index (χ1n) is 14.1. The number of carbonyl (C=O) groups excluding carboxylic acids is 1. The van der Waals surface area contributed by atoms with Gasteiger partial charge in [-0.1, -0.05) is 99.8 Å². The zero-order valence-electron chi connectivity index (χ0n) is 22.9. The molecule has 2 fully saturated rings. The van der Waals surface area contributed by atoms with E-state index in [1.807, 2.05) is 0 Å². The molecule has 2 nitrogen and oxygen atoms in total. The van der Waals surface area contributed by atoms with Gasteiger partial charge in [0.1, 0.15) is 5.78 Å². The quantitative estimate of drug-likeness (QED) is 0.324. The van der Waals surface area contributed by atoms with Gasteiger partial charge >= 0.3 is 0 Å². The van der Waals surface area contributed by atoms with Crippen molar-refractivity contribution >= 4 is 5.78 Å². The fourth-order valence-corrected chi connectivity index (χ4v) is 7.62. The van der Waals surface area contributed by atoms with Gasteiger partial charge in [0.25, 0.3) is 0 Å². The van der Waals surface area contributed by atoms with Crippen LogP contribution in [0, 0.1) is 40.4 Å². The third-order valence-electron chi connectivity index (χ3n) is 9.82. The van der Waals surface area contributed by atoms with Gasteiger partial charge in [-0.3, -0.25) is 4.79 Å². The Kier molecular flexibility index (Phi) is 9.90. The number of rotatable bonds is 12. The van der Waals surface area contributed by atoms with Crippen molar-refractivity contribution < 1.29 is 9.90 Å². The second-order valence-corrected chi connectivity index (χ2v) is 13.5. The summed E-state index contributed by atoms with van der Waals surface area (Å²) in [6.07, 6.45) is 15.3. The van der Waals surface area contributed by atoms with E-state index in [4.69, 9.17) is 0 Å². The summed E-state index contributed by atoms with van der Waals surface area (Å²) in [5.74, 6) is 3.65. The molecule has 2 saturated carbocycles. The molecular formula is C30H56O2. The molecule has 0 spiro atoms. The maximum absolute atomic E-state index is 12.7. The molecule has 0 saturated heterocycles. The van der Waals surface area contributed by atoms with Crippen molar-refractivity contribution in [3.8, 4) is 0 Å². The third-order valence-corrected chi connectivity index (χ3v) is 9.82. The Balaban J connectivity index is 1.81. The van der Waals surface area contributed by atoms with E-state index < -0.39 is 5.60 Å². The lowest BCUT2D eigenvalue weighted by molar-refractivity contribution is -0.178. The molecule has 6 unspecified atom stereocenters. The zero-order chi connectivity index (χ0) is 24.2. The predicted octanol–water partition coefficient (Wildman–Crippen LogP) is 8.60. The van der Waals surface area contributed by atoms with Gasteiger partial charge < -0.3 is 5.11 Å². The number of hydrogen-bond donors (Lipinski definition) is 1. The normalized spacial score (nSPS) is 34.4. The topological polar surface area (TPSA) is 37.3 Å². The molecule has 0 aromatic carbocycles. The second-order valence-electron chi connectivity index (χ2n) is 13.5. The van der Waals surface area contributed by atoms with Crippen LogP contribution in [0.2, 0.25) is 0 Å². The maximum Gasteiger partial charge on any atom is 0.138 e. The molecule has 2 aliphatic rings. The van der Waals surface area contributed by atoms with Gasteiger partial charge in [-0.25, -0.2) is 0 Å². The first-order chi connectivity index (χ1) is 14.8. The molecule has 2 aliphatic carbocycles. The Bertz CT molecular complexity index is 590. The smallest absolute Gasteiger partial charge is 0.138 e. The van der Waals surface area contributed by atoms with E-state index in [0.717, 1.165) is 43.4 Å². The average Bonchev–Trinajstić information content (AvgIpc) is 2.67. The Morgan fingerprint density at radius 1 is 0.844 bits per heavy atom. The van der Waals surface area contributed by atoms with Crippen molar-refractivity contribution in [3.05, 3.63) is 0 Å². The lowest BCUT2D eigenvalue weighted by atomic mass is 9.45. The van der Waals surface area contributed by atoms with Gasteiger partial charge in [0.05, 0.1) is 5.60 Å². The lowest BCUT2D eigenvalue weighted by Gasteiger charge is -2.60. The van der Waals surface area contributed by atoms with Gasteiger partial charge in [0, 0.05) is 11.8 Å². The minimum absolute atomic E-state index is 0.0911. The highest BCUT2D eigenvalue weighted by molar-refractivity contribution is 5.85. The molecule has 1 N–H and O–H groups in total. The van der Waals surface area contributed by atoms with Crippen molar-refractivity contribution in [2.45, 2.75) is 144 Å². The van der Waals surface area contributed by atoms with Crippen LogP contribution in [0.25, 0.3) is 0 Å². The summed E-state index contributed by atoms with van der Waals surface area (Å²) >= 11 is 0. The number of carbonyl (C=O) groups is 1. The highest BCUT2D eigenvalue weighted by Gasteiger charge is 2.59. The fourth-order valence-electron chi connectivity index (χ4n) is 7.62. The molecule has 0 aromatic rings. The van der Waals surface area contributed by atoms with Gasteiger partial charge in [-0.2, -0.15) is 0 Å². The van der Waals surface area contributed by atoms with Crippen LogP contribution in [0.15, 0.2) is 0 Å². The minimum Gasteiger partial charge on any atom is -0.390 e. The Labute approximate surface area is 200 Å². The highest BCUT2D eigenvalue weighted by atomic mass is 16.3. The molecule has 188 valence electrons. The molecular weight excluding hydrogens is 392 g/mol. The molecule has 0 radical (unpaired) electrons. The summed E-state index contributed by atoms with van der Waals surface area (Å²) in [6.45, 7) is 18.3. The minimum atomic E-state index is -0.587. The highest BCUT2D eigenvalue weighted by Crippen LogP contribution is 2.62. The first kappa shape index (κ1) is 27.9. The standard InChI is InChI=1S/C30H56O2/c1-22(2)12-9-13-23(3)14-10-15-24(4)16-11-17-26-29(7)20-19-27(31)28(5,6)25(29)18-21-30(26,8)32/h22-26,32H,9-21H2,1-8H3. The number of Topliss-reactive ketones (excluding diaryl/α,β-unsaturated/α-hetero) is 1. The van der Waals surface area contributed by atoms with Crippen LogP contribution in [-0.4, -0.2) is 16.5 Å². The van der Waals surface area contributed by atoms with E-state index in [-0.39, 0.29) is 10.8 Å². The molecule has 2 rings (SSSR count). The van der Waals surface area contributed by atoms with Crippen molar-refractivity contribution in [1.82, 2.24) is 0 Å². The maximum atomic E-state index is 12.7. The van der Waals surface area contributed by atoms with Gasteiger partial charge in [0.2, 0.25) is 0 Å². The molecule has 0 aromatic heterocycles. The molecule has 0 heterocycles. The Morgan fingerprint density at radius 3 is 1.94 bits per heavy atom. The number of fused-ring (bicyclic) bond motifs is 1. The lowest BCUT2D eigenvalue weighted by Crippen LogP contribution is -2.59. The van der Waals surface area contributed by atoms with E-state index in [9.17, 15) is 9.90 Å². The Hall–Kier alpha value is -0.370. The zero-order valence-corrected chi connectivity index (χ0v) is 22.9. The number of ketones is 1. The van der Waals surface area contributed by atoms with Crippen LogP contribution in [0.3, 0.4) is 0 Å². The second kappa shape index (κ2) is 11.4. The van der Waals surface area contributed by atoms with Crippen LogP contribution < -0.4 is 0 Å². The number of hydrogen-bond acceptors (Lipinski definition) is 2. The first-order valence-corrected chi connectivity index (χ1v) is 14.1. The van der Waals surface area contributed by atoms with Crippen LogP contribution in [0.4, 0.5) is 0 Å². The van der Waals surface area contributed by atoms with Crippen molar-refractivity contribution in [2.24, 2.45) is 40.4 Å². The van der Waals surface area contributed by atoms with E-state index in [1.54, 1.807) is 0 Å². The van der Waals surface area contributed by atoms with Crippen LogP contribution in [-0.2, 0) is 4.79 Å². The molecule has 0 bridgehead atoms. The molecule has 0 aliphatic heterocycles. The third kappa shape index (κ3) is 6.83. The summed E-state index contributed by atoms with van der Waals surface area (Å²) in [6, 6.07) is 0. The number of aliphatic hydroxyl groups is 1. The summed E-state index contributed by atoms with van der Waals surface area (Å²) in [4.78, 5) is 12.7. The van der Waals surface area contributed by atoms with Crippen LogP contribution >= 0.6 is 0 Å². The Morgan fingerprint density at radius 2 is 1.38 bits per heavy atom. The van der Waals surface area contributed by atoms with Crippen molar-refractivity contribution in [1.29, 1.82) is 0 Å². The predicted molar refractivity (Wildman–Crippen MR) is 138 cm³/mol. The monoisotopic (exact) mass is 448 g/mol. The van der Waals surface area contributed by atoms with E-state index in [2.05, 4.69) is 55.4 Å². The molecule has 0 amide bonds. The van der Waals surface area contributed by atoms with Gasteiger partial charge in [0.15, 0.2) is 0 Å². The molecule has 6 atom stereocenters. The van der Waals surface area contributed by atoms with Gasteiger partial charge in [-0.15, -0.1) is 0 Å². The van der Waals surface area contributed by atoms with Crippen LogP contribution in [0.5, 0.6) is 0 Å². The van der Waals surface area contributed by atoms with Crippen LogP contribution in [0.1, 0.15) is 139 Å². The summed E-state index contributed by atoms with van der Waals surface area (Å²) in [5, 5.41) is 11.4. The summed E-state index contributed by atoms with van der Waals surface area (Å²) < 4.78 is 0. The van der Waals surface area contributed by atoms with Crippen molar-refractivity contribution in [2.75, 3.05) is 0 Å². The molecule has 2 heteroatoms. The van der Waals surface area contributed by atoms with E-state index >= 15 is 0 Å². The average molecular weight is 449 g/mol. The van der Waals surface area contributed by atoms with Crippen molar-refractivity contribution in [3.63, 3.8) is 0 Å². The molecule has 32 heavy (non-hydrogen) atoms.